The zero-order valence-electron chi connectivity index (χ0n) is 13.2. The van der Waals surface area contributed by atoms with Gasteiger partial charge in [0.15, 0.2) is 0 Å². The number of anilines is 2. The number of rotatable bonds is 5. The number of hydrogen-bond donors (Lipinski definition) is 1. The minimum Gasteiger partial charge on any atom is -0.369 e. The molecular formula is C15H27N5. The van der Waals surface area contributed by atoms with Crippen molar-refractivity contribution in [2.75, 3.05) is 50.5 Å². The van der Waals surface area contributed by atoms with Crippen molar-refractivity contribution in [3.8, 4) is 0 Å². The molecule has 1 saturated heterocycles. The molecule has 0 saturated carbocycles. The SMILES string of the molecule is Cc1cc(NCCN(C)C)nc(N2CCC(C)CC2)n1. The molecule has 0 aliphatic carbocycles. The van der Waals surface area contributed by atoms with Gasteiger partial charge in [-0.15, -0.1) is 0 Å². The van der Waals surface area contributed by atoms with Gasteiger partial charge in [-0.1, -0.05) is 6.92 Å². The molecule has 5 nitrogen and oxygen atoms in total. The van der Waals surface area contributed by atoms with Crippen LogP contribution in [0.3, 0.4) is 0 Å². The average molecular weight is 277 g/mol. The fourth-order valence-electron chi connectivity index (χ4n) is 2.40. The van der Waals surface area contributed by atoms with Gasteiger partial charge in [-0.25, -0.2) is 4.98 Å². The predicted molar refractivity (Wildman–Crippen MR) is 84.4 cm³/mol. The van der Waals surface area contributed by atoms with Crippen molar-refractivity contribution in [1.29, 1.82) is 0 Å². The molecule has 0 aromatic carbocycles. The second kappa shape index (κ2) is 6.88. The summed E-state index contributed by atoms with van der Waals surface area (Å²) in [5.41, 5.74) is 1.03. The Bertz CT molecular complexity index is 424. The van der Waals surface area contributed by atoms with Crippen molar-refractivity contribution < 1.29 is 0 Å². The molecule has 2 rings (SSSR count). The maximum Gasteiger partial charge on any atom is 0.227 e. The molecule has 0 atom stereocenters. The lowest BCUT2D eigenvalue weighted by atomic mass is 10.00. The van der Waals surface area contributed by atoms with Gasteiger partial charge in [0.1, 0.15) is 5.82 Å². The number of aromatic nitrogens is 2. The summed E-state index contributed by atoms with van der Waals surface area (Å²) in [5, 5.41) is 3.39. The van der Waals surface area contributed by atoms with E-state index < -0.39 is 0 Å². The van der Waals surface area contributed by atoms with Gasteiger partial charge < -0.3 is 15.1 Å². The first-order chi connectivity index (χ1) is 9.54. The predicted octanol–water partition coefficient (Wildman–Crippen LogP) is 1.99. The molecule has 1 N–H and O–H groups in total. The van der Waals surface area contributed by atoms with E-state index in [1.807, 2.05) is 13.0 Å². The topological polar surface area (TPSA) is 44.3 Å². The standard InChI is InChI=1S/C15H27N5/c1-12-5-8-20(9-6-12)15-17-13(2)11-14(18-15)16-7-10-19(3)4/h11-12H,5-10H2,1-4H3,(H,16,17,18). The van der Waals surface area contributed by atoms with Gasteiger partial charge in [-0.2, -0.15) is 4.98 Å². The molecule has 1 aliphatic rings. The molecule has 0 radical (unpaired) electrons. The normalized spacial score (nSPS) is 16.8. The maximum absolute atomic E-state index is 4.66. The van der Waals surface area contributed by atoms with E-state index in [0.717, 1.165) is 49.6 Å². The lowest BCUT2D eigenvalue weighted by molar-refractivity contribution is 0.425. The van der Waals surface area contributed by atoms with Crippen LogP contribution in [0.25, 0.3) is 0 Å². The van der Waals surface area contributed by atoms with E-state index in [9.17, 15) is 0 Å². The number of nitrogens with zero attached hydrogens (tertiary/aromatic N) is 4. The van der Waals surface area contributed by atoms with Crippen molar-refractivity contribution in [1.82, 2.24) is 14.9 Å². The Kier molecular flexibility index (Phi) is 5.17. The largest absolute Gasteiger partial charge is 0.369 e. The van der Waals surface area contributed by atoms with Crippen LogP contribution < -0.4 is 10.2 Å². The van der Waals surface area contributed by atoms with Crippen LogP contribution in [0.2, 0.25) is 0 Å². The first-order valence-corrected chi connectivity index (χ1v) is 7.54. The fraction of sp³-hybridized carbons (Fsp3) is 0.733. The zero-order chi connectivity index (χ0) is 14.5. The second-order valence-corrected chi connectivity index (χ2v) is 6.09. The van der Waals surface area contributed by atoms with E-state index >= 15 is 0 Å². The fourth-order valence-corrected chi connectivity index (χ4v) is 2.40. The maximum atomic E-state index is 4.66. The van der Waals surface area contributed by atoms with Crippen molar-refractivity contribution >= 4 is 11.8 Å². The number of likely N-dealkylation sites (N-methyl/N-ethyl adjacent to an activating group) is 1. The Labute approximate surface area is 122 Å². The summed E-state index contributed by atoms with van der Waals surface area (Å²) in [4.78, 5) is 13.7. The third-order valence-corrected chi connectivity index (χ3v) is 3.77. The molecule has 0 bridgehead atoms. The molecule has 1 aromatic rings. The quantitative estimate of drug-likeness (QED) is 0.892. The van der Waals surface area contributed by atoms with Crippen LogP contribution in [-0.4, -0.2) is 55.1 Å². The van der Waals surface area contributed by atoms with Crippen LogP contribution in [0, 0.1) is 12.8 Å². The van der Waals surface area contributed by atoms with Crippen LogP contribution >= 0.6 is 0 Å². The number of aryl methyl sites for hydroxylation is 1. The van der Waals surface area contributed by atoms with Gasteiger partial charge in [0.05, 0.1) is 0 Å². The van der Waals surface area contributed by atoms with Crippen LogP contribution in [0.1, 0.15) is 25.5 Å². The molecular weight excluding hydrogens is 250 g/mol. The molecule has 5 heteroatoms. The summed E-state index contributed by atoms with van der Waals surface area (Å²) in [6, 6.07) is 2.02. The Morgan fingerprint density at radius 2 is 2.00 bits per heavy atom. The van der Waals surface area contributed by atoms with E-state index in [0.29, 0.717) is 0 Å². The molecule has 0 unspecified atom stereocenters. The number of hydrogen-bond acceptors (Lipinski definition) is 5. The summed E-state index contributed by atoms with van der Waals surface area (Å²) in [6.07, 6.45) is 2.47. The van der Waals surface area contributed by atoms with Crippen molar-refractivity contribution in [3.05, 3.63) is 11.8 Å². The highest BCUT2D eigenvalue weighted by atomic mass is 15.3. The first kappa shape index (κ1) is 15.0. The zero-order valence-corrected chi connectivity index (χ0v) is 13.2. The van der Waals surface area contributed by atoms with E-state index in [4.69, 9.17) is 0 Å². The Balaban J connectivity index is 2.00. The third kappa shape index (κ3) is 4.34. The highest BCUT2D eigenvalue weighted by molar-refractivity contribution is 5.43. The van der Waals surface area contributed by atoms with E-state index in [1.165, 1.54) is 12.8 Å². The molecule has 20 heavy (non-hydrogen) atoms. The first-order valence-electron chi connectivity index (χ1n) is 7.54. The van der Waals surface area contributed by atoms with E-state index in [1.54, 1.807) is 0 Å². The molecule has 2 heterocycles. The van der Waals surface area contributed by atoms with Gasteiger partial charge in [0, 0.05) is 37.9 Å². The lowest BCUT2D eigenvalue weighted by Gasteiger charge is -2.30. The molecule has 0 amide bonds. The van der Waals surface area contributed by atoms with E-state index in [-0.39, 0.29) is 0 Å². The van der Waals surface area contributed by atoms with Crippen LogP contribution in [0.4, 0.5) is 11.8 Å². The van der Waals surface area contributed by atoms with Crippen molar-refractivity contribution in [3.63, 3.8) is 0 Å². The van der Waals surface area contributed by atoms with Gasteiger partial charge >= 0.3 is 0 Å². The van der Waals surface area contributed by atoms with E-state index in [2.05, 4.69) is 46.1 Å². The molecule has 0 spiro atoms. The minimum atomic E-state index is 0.828. The van der Waals surface area contributed by atoms with Crippen molar-refractivity contribution in [2.24, 2.45) is 5.92 Å². The summed E-state index contributed by atoms with van der Waals surface area (Å²) in [6.45, 7) is 8.40. The molecule has 1 aliphatic heterocycles. The lowest BCUT2D eigenvalue weighted by Crippen LogP contribution is -2.34. The third-order valence-electron chi connectivity index (χ3n) is 3.77. The molecule has 1 aromatic heterocycles. The summed E-state index contributed by atoms with van der Waals surface area (Å²) in [5.74, 6) is 2.64. The van der Waals surface area contributed by atoms with Gasteiger partial charge in [0.2, 0.25) is 5.95 Å². The van der Waals surface area contributed by atoms with Gasteiger partial charge in [0.25, 0.3) is 0 Å². The Morgan fingerprint density at radius 3 is 2.65 bits per heavy atom. The second-order valence-electron chi connectivity index (χ2n) is 6.09. The smallest absolute Gasteiger partial charge is 0.227 e. The summed E-state index contributed by atoms with van der Waals surface area (Å²) in [7, 11) is 4.15. The number of nitrogens with one attached hydrogen (secondary N) is 1. The minimum absolute atomic E-state index is 0.828. The Hall–Kier alpha value is -1.36. The van der Waals surface area contributed by atoms with Gasteiger partial charge in [-0.05, 0) is 39.8 Å². The number of piperidine rings is 1. The summed E-state index contributed by atoms with van der Waals surface area (Å²) < 4.78 is 0. The van der Waals surface area contributed by atoms with Crippen LogP contribution in [-0.2, 0) is 0 Å². The highest BCUT2D eigenvalue weighted by Crippen LogP contribution is 2.21. The average Bonchev–Trinajstić information content (AvgIpc) is 2.38. The van der Waals surface area contributed by atoms with Crippen molar-refractivity contribution in [2.45, 2.75) is 26.7 Å². The van der Waals surface area contributed by atoms with Crippen LogP contribution in [0.5, 0.6) is 0 Å². The highest BCUT2D eigenvalue weighted by Gasteiger charge is 2.18. The van der Waals surface area contributed by atoms with Gasteiger partial charge in [-0.3, -0.25) is 0 Å². The summed E-state index contributed by atoms with van der Waals surface area (Å²) >= 11 is 0. The molecule has 1 fully saturated rings. The Morgan fingerprint density at radius 1 is 1.30 bits per heavy atom. The molecule has 112 valence electrons. The van der Waals surface area contributed by atoms with Crippen LogP contribution in [0.15, 0.2) is 6.07 Å². The monoisotopic (exact) mass is 277 g/mol.